The Labute approximate surface area is 125 Å². The molecule has 4 rings (SSSR count). The maximum absolute atomic E-state index is 5.48. The van der Waals surface area contributed by atoms with Gasteiger partial charge >= 0.3 is 0 Å². The summed E-state index contributed by atoms with van der Waals surface area (Å²) in [7, 11) is 0. The zero-order valence-electron chi connectivity index (χ0n) is 12.3. The lowest BCUT2D eigenvalue weighted by molar-refractivity contribution is 0.122. The molecule has 0 bridgehead atoms. The lowest BCUT2D eigenvalue weighted by atomic mass is 9.97. The Morgan fingerprint density at radius 1 is 0.952 bits per heavy atom. The van der Waals surface area contributed by atoms with Crippen molar-refractivity contribution in [3.05, 3.63) is 41.6 Å². The molecule has 0 radical (unpaired) electrons. The van der Waals surface area contributed by atoms with Crippen LogP contribution in [0.15, 0.2) is 30.3 Å². The molecule has 1 aromatic heterocycles. The molecule has 0 unspecified atom stereocenters. The van der Waals surface area contributed by atoms with Crippen LogP contribution in [0.2, 0.25) is 0 Å². The van der Waals surface area contributed by atoms with Gasteiger partial charge in [0.1, 0.15) is 0 Å². The number of benzene rings is 1. The van der Waals surface area contributed by atoms with Crippen LogP contribution in [-0.2, 0) is 17.6 Å². The van der Waals surface area contributed by atoms with Gasteiger partial charge in [-0.3, -0.25) is 0 Å². The van der Waals surface area contributed by atoms with E-state index in [1.807, 2.05) is 0 Å². The van der Waals surface area contributed by atoms with E-state index in [0.29, 0.717) is 0 Å². The molecule has 110 valence electrons. The molecule has 2 aliphatic rings. The van der Waals surface area contributed by atoms with E-state index in [0.717, 1.165) is 39.1 Å². The second kappa shape index (κ2) is 5.53. The maximum Gasteiger partial charge on any atom is 0.154 e. The molecule has 0 saturated carbocycles. The van der Waals surface area contributed by atoms with Crippen molar-refractivity contribution in [3.8, 4) is 5.69 Å². The summed E-state index contributed by atoms with van der Waals surface area (Å²) >= 11 is 0. The van der Waals surface area contributed by atoms with Gasteiger partial charge in [-0.05, 0) is 37.8 Å². The van der Waals surface area contributed by atoms with Gasteiger partial charge in [-0.15, -0.1) is 5.10 Å². The van der Waals surface area contributed by atoms with Crippen LogP contribution in [0.25, 0.3) is 5.69 Å². The quantitative estimate of drug-likeness (QED) is 0.848. The molecule has 0 spiro atoms. The van der Waals surface area contributed by atoms with Crippen LogP contribution >= 0.6 is 0 Å². The number of fused-ring (bicyclic) bond motifs is 1. The summed E-state index contributed by atoms with van der Waals surface area (Å²) in [5.41, 5.74) is 4.05. The molecule has 1 aliphatic carbocycles. The van der Waals surface area contributed by atoms with Crippen LogP contribution in [0, 0.1) is 0 Å². The molecule has 2 heterocycles. The third kappa shape index (κ3) is 2.33. The van der Waals surface area contributed by atoms with Gasteiger partial charge in [0, 0.05) is 24.3 Å². The Morgan fingerprint density at radius 3 is 2.52 bits per heavy atom. The topological polar surface area (TPSA) is 30.3 Å². The van der Waals surface area contributed by atoms with E-state index in [-0.39, 0.29) is 0 Å². The highest BCUT2D eigenvalue weighted by molar-refractivity contribution is 5.53. The molecule has 0 atom stereocenters. The third-order valence-corrected chi connectivity index (χ3v) is 4.47. The molecule has 0 N–H and O–H groups in total. The van der Waals surface area contributed by atoms with E-state index in [1.54, 1.807) is 0 Å². The summed E-state index contributed by atoms with van der Waals surface area (Å²) in [6.07, 6.45) is 4.86. The van der Waals surface area contributed by atoms with Gasteiger partial charge in [-0.2, -0.15) is 0 Å². The predicted molar refractivity (Wildman–Crippen MR) is 83.2 cm³/mol. The van der Waals surface area contributed by atoms with Crippen LogP contribution in [0.3, 0.4) is 0 Å². The van der Waals surface area contributed by atoms with Crippen LogP contribution < -0.4 is 4.90 Å². The van der Waals surface area contributed by atoms with Gasteiger partial charge in [0.25, 0.3) is 0 Å². The minimum atomic E-state index is 0.812. The number of ether oxygens (including phenoxy) is 1. The highest BCUT2D eigenvalue weighted by atomic mass is 16.5. The first-order valence-electron chi connectivity index (χ1n) is 7.92. The summed E-state index contributed by atoms with van der Waals surface area (Å²) in [5.74, 6) is 1.19. The second-order valence-electron chi connectivity index (χ2n) is 5.80. The Kier molecular flexibility index (Phi) is 3.39. The zero-order chi connectivity index (χ0) is 14.1. The zero-order valence-corrected chi connectivity index (χ0v) is 12.3. The highest BCUT2D eigenvalue weighted by Gasteiger charge is 2.25. The molecular formula is C17H21N3O. The number of rotatable bonds is 2. The Balaban J connectivity index is 1.79. The van der Waals surface area contributed by atoms with Crippen molar-refractivity contribution in [2.24, 2.45) is 0 Å². The van der Waals surface area contributed by atoms with Gasteiger partial charge in [0.15, 0.2) is 5.82 Å². The molecule has 1 aromatic carbocycles. The van der Waals surface area contributed by atoms with Crippen molar-refractivity contribution in [3.63, 3.8) is 0 Å². The van der Waals surface area contributed by atoms with Crippen molar-refractivity contribution in [2.75, 3.05) is 31.2 Å². The van der Waals surface area contributed by atoms with Crippen molar-refractivity contribution in [2.45, 2.75) is 25.7 Å². The molecule has 0 amide bonds. The average Bonchev–Trinajstić information content (AvgIpc) is 2.96. The van der Waals surface area contributed by atoms with E-state index in [1.165, 1.54) is 35.6 Å². The Hall–Kier alpha value is -1.81. The molecule has 4 heteroatoms. The van der Waals surface area contributed by atoms with Crippen LogP contribution in [0.1, 0.15) is 24.1 Å². The number of hydrogen-bond acceptors (Lipinski definition) is 3. The molecular weight excluding hydrogens is 262 g/mol. The monoisotopic (exact) mass is 283 g/mol. The van der Waals surface area contributed by atoms with Gasteiger partial charge < -0.3 is 9.64 Å². The fourth-order valence-electron chi connectivity index (χ4n) is 3.39. The molecule has 2 aromatic rings. The third-order valence-electron chi connectivity index (χ3n) is 4.47. The fourth-order valence-corrected chi connectivity index (χ4v) is 3.39. The van der Waals surface area contributed by atoms with Crippen LogP contribution in [0.4, 0.5) is 5.82 Å². The first kappa shape index (κ1) is 12.9. The van der Waals surface area contributed by atoms with E-state index < -0.39 is 0 Å². The van der Waals surface area contributed by atoms with Crippen molar-refractivity contribution in [1.29, 1.82) is 0 Å². The van der Waals surface area contributed by atoms with Gasteiger partial charge in [-0.25, -0.2) is 4.68 Å². The summed E-state index contributed by atoms with van der Waals surface area (Å²) in [5, 5.41) is 4.97. The van der Waals surface area contributed by atoms with Crippen molar-refractivity contribution < 1.29 is 4.74 Å². The molecule has 4 nitrogen and oxygen atoms in total. The smallest absolute Gasteiger partial charge is 0.154 e. The fraction of sp³-hybridized carbons (Fsp3) is 0.471. The minimum Gasteiger partial charge on any atom is -0.378 e. The number of hydrogen-bond donors (Lipinski definition) is 0. The van der Waals surface area contributed by atoms with Crippen LogP contribution in [-0.4, -0.2) is 36.1 Å². The van der Waals surface area contributed by atoms with Crippen molar-refractivity contribution >= 4 is 5.82 Å². The normalized spacial score (nSPS) is 18.6. The minimum absolute atomic E-state index is 0.812. The van der Waals surface area contributed by atoms with E-state index in [9.17, 15) is 0 Å². The lowest BCUT2D eigenvalue weighted by Gasteiger charge is -2.28. The second-order valence-corrected chi connectivity index (χ2v) is 5.80. The number of morpholine rings is 1. The van der Waals surface area contributed by atoms with Crippen LogP contribution in [0.5, 0.6) is 0 Å². The lowest BCUT2D eigenvalue weighted by Crippen LogP contribution is -2.37. The van der Waals surface area contributed by atoms with E-state index >= 15 is 0 Å². The van der Waals surface area contributed by atoms with Crippen molar-refractivity contribution in [1.82, 2.24) is 9.78 Å². The number of para-hydroxylation sites is 1. The Morgan fingerprint density at radius 2 is 1.71 bits per heavy atom. The van der Waals surface area contributed by atoms with E-state index in [4.69, 9.17) is 9.84 Å². The largest absolute Gasteiger partial charge is 0.378 e. The maximum atomic E-state index is 5.48. The first-order chi connectivity index (χ1) is 10.4. The highest BCUT2D eigenvalue weighted by Crippen LogP contribution is 2.32. The summed E-state index contributed by atoms with van der Waals surface area (Å²) < 4.78 is 7.65. The summed E-state index contributed by atoms with van der Waals surface area (Å²) in [6, 6.07) is 10.5. The molecule has 1 fully saturated rings. The summed E-state index contributed by atoms with van der Waals surface area (Å²) in [4.78, 5) is 2.40. The Bertz CT molecular complexity index is 614. The SMILES string of the molecule is c1ccc(-n2nc(N3CCOCC3)c3c2CCCC3)cc1. The first-order valence-corrected chi connectivity index (χ1v) is 7.92. The molecule has 1 saturated heterocycles. The number of nitrogens with zero attached hydrogens (tertiary/aromatic N) is 3. The standard InChI is InChI=1S/C17H21N3O/c1-2-6-14(7-3-1)20-16-9-5-4-8-15(16)17(18-20)19-10-12-21-13-11-19/h1-3,6-7H,4-5,8-13H2. The van der Waals surface area contributed by atoms with E-state index in [2.05, 4.69) is 39.9 Å². The van der Waals surface area contributed by atoms with Gasteiger partial charge in [-0.1, -0.05) is 18.2 Å². The predicted octanol–water partition coefficient (Wildman–Crippen LogP) is 2.59. The number of anilines is 1. The average molecular weight is 283 g/mol. The number of aromatic nitrogens is 2. The van der Waals surface area contributed by atoms with Gasteiger partial charge in [0.2, 0.25) is 0 Å². The molecule has 1 aliphatic heterocycles. The summed E-state index contributed by atoms with van der Waals surface area (Å²) in [6.45, 7) is 3.54. The van der Waals surface area contributed by atoms with Gasteiger partial charge in [0.05, 0.1) is 18.9 Å². The molecule has 21 heavy (non-hydrogen) atoms.